The Morgan fingerprint density at radius 2 is 1.84 bits per heavy atom. The summed E-state index contributed by atoms with van der Waals surface area (Å²) in [4.78, 5) is 4.74. The van der Waals surface area contributed by atoms with Gasteiger partial charge in [0.2, 0.25) is 5.82 Å². The van der Waals surface area contributed by atoms with Gasteiger partial charge in [0, 0.05) is 17.9 Å². The second kappa shape index (κ2) is 10.2. The molecule has 0 aliphatic rings. The molecule has 1 atom stereocenters. The predicted molar refractivity (Wildman–Crippen MR) is 125 cm³/mol. The molecular formula is C23H25N7S. The van der Waals surface area contributed by atoms with Crippen LogP contribution in [0, 0.1) is 0 Å². The number of nitrogens with one attached hydrogen (secondary N) is 2. The fourth-order valence-electron chi connectivity index (χ4n) is 3.58. The molecule has 0 saturated heterocycles. The summed E-state index contributed by atoms with van der Waals surface area (Å²) < 4.78 is 0. The van der Waals surface area contributed by atoms with Gasteiger partial charge in [0.1, 0.15) is 5.82 Å². The Labute approximate surface area is 186 Å². The normalized spacial score (nSPS) is 12.5. The largest absolute Gasteiger partial charge is 0.263 e. The molecule has 2 aromatic heterocycles. The van der Waals surface area contributed by atoms with E-state index in [1.54, 1.807) is 0 Å². The molecule has 31 heavy (non-hydrogen) atoms. The molecule has 0 fully saturated rings. The van der Waals surface area contributed by atoms with Crippen molar-refractivity contribution in [3.05, 3.63) is 77.9 Å². The van der Waals surface area contributed by atoms with E-state index in [2.05, 4.69) is 85.9 Å². The number of nitrogens with zero attached hydrogens (tertiary/aromatic N) is 5. The monoisotopic (exact) mass is 431 g/mol. The van der Waals surface area contributed by atoms with E-state index in [-0.39, 0.29) is 0 Å². The number of thiol groups is 1. The number of aromatic amines is 2. The zero-order chi connectivity index (χ0) is 21.5. The Bertz CT molecular complexity index is 1120. The van der Waals surface area contributed by atoms with Crippen LogP contribution in [0.1, 0.15) is 42.9 Å². The third-order valence-electron chi connectivity index (χ3n) is 5.20. The Morgan fingerprint density at radius 1 is 1.03 bits per heavy atom. The van der Waals surface area contributed by atoms with Gasteiger partial charge < -0.3 is 0 Å². The molecule has 4 rings (SSSR count). The Hall–Kier alpha value is -3.26. The molecule has 158 valence electrons. The Kier molecular flexibility index (Phi) is 6.89. The summed E-state index contributed by atoms with van der Waals surface area (Å²) in [6.07, 6.45) is 6.83. The van der Waals surface area contributed by atoms with Crippen molar-refractivity contribution in [3.63, 3.8) is 0 Å². The maximum absolute atomic E-state index is 4.74. The summed E-state index contributed by atoms with van der Waals surface area (Å²) >= 11 is 4.38. The maximum atomic E-state index is 4.74. The fourth-order valence-corrected chi connectivity index (χ4v) is 3.89. The molecule has 0 amide bonds. The summed E-state index contributed by atoms with van der Waals surface area (Å²) in [6, 6.07) is 16.5. The highest BCUT2D eigenvalue weighted by Crippen LogP contribution is 2.30. The molecule has 0 radical (unpaired) electrons. The van der Waals surface area contributed by atoms with Crippen LogP contribution in [0.15, 0.2) is 60.7 Å². The van der Waals surface area contributed by atoms with Crippen LogP contribution in [-0.4, -0.2) is 41.6 Å². The second-order valence-electron chi connectivity index (χ2n) is 7.31. The van der Waals surface area contributed by atoms with E-state index in [4.69, 9.17) is 4.98 Å². The second-order valence-corrected chi connectivity index (χ2v) is 7.76. The molecule has 2 aromatic carbocycles. The number of allylic oxidation sites excluding steroid dienone is 2. The molecular weight excluding hydrogens is 406 g/mol. The molecule has 0 spiro atoms. The van der Waals surface area contributed by atoms with Crippen molar-refractivity contribution in [1.29, 1.82) is 0 Å². The highest BCUT2D eigenvalue weighted by atomic mass is 32.1. The van der Waals surface area contributed by atoms with Crippen LogP contribution in [0.4, 0.5) is 0 Å². The molecule has 2 N–H and O–H groups in total. The van der Waals surface area contributed by atoms with Crippen LogP contribution in [0.3, 0.4) is 0 Å². The lowest BCUT2D eigenvalue weighted by molar-refractivity contribution is 0.637. The van der Waals surface area contributed by atoms with E-state index in [1.807, 2.05) is 25.1 Å². The first-order chi connectivity index (χ1) is 15.3. The standard InChI is InChI=1S/C23H25N7S/c1-2-3-6-18(13-14-31)22-24-21(25-26-22)15-16-9-11-17(12-10-16)19-7-4-5-8-20(19)23-27-29-30-28-23/h2-5,7-12,18,31H,6,13-15H2,1H3,(H,24,25,26)(H,27,28,29,30). The number of hydrogen-bond acceptors (Lipinski definition) is 6. The van der Waals surface area contributed by atoms with Gasteiger partial charge in [0.25, 0.3) is 0 Å². The summed E-state index contributed by atoms with van der Waals surface area (Å²) in [6.45, 7) is 2.03. The summed E-state index contributed by atoms with van der Waals surface area (Å²) in [7, 11) is 0. The van der Waals surface area contributed by atoms with Gasteiger partial charge in [-0.05, 0) is 47.4 Å². The summed E-state index contributed by atoms with van der Waals surface area (Å²) in [5, 5.41) is 22.0. The molecule has 0 saturated carbocycles. The average Bonchev–Trinajstić information content (AvgIpc) is 3.50. The van der Waals surface area contributed by atoms with Crippen molar-refractivity contribution >= 4 is 12.6 Å². The average molecular weight is 432 g/mol. The van der Waals surface area contributed by atoms with Crippen LogP contribution in [-0.2, 0) is 6.42 Å². The van der Waals surface area contributed by atoms with E-state index in [9.17, 15) is 0 Å². The van der Waals surface area contributed by atoms with Gasteiger partial charge in [0.15, 0.2) is 5.82 Å². The fraction of sp³-hybridized carbons (Fsp3) is 0.261. The van der Waals surface area contributed by atoms with Crippen LogP contribution in [0.5, 0.6) is 0 Å². The van der Waals surface area contributed by atoms with E-state index >= 15 is 0 Å². The van der Waals surface area contributed by atoms with Gasteiger partial charge in [-0.2, -0.15) is 22.9 Å². The lowest BCUT2D eigenvalue weighted by atomic mass is 9.98. The van der Waals surface area contributed by atoms with E-state index in [1.165, 1.54) is 5.56 Å². The first-order valence-electron chi connectivity index (χ1n) is 10.3. The van der Waals surface area contributed by atoms with Gasteiger partial charge in [0.05, 0.1) is 0 Å². The van der Waals surface area contributed by atoms with Gasteiger partial charge in [-0.3, -0.25) is 5.10 Å². The molecule has 8 heteroatoms. The molecule has 2 heterocycles. The van der Waals surface area contributed by atoms with Gasteiger partial charge in [-0.25, -0.2) is 4.98 Å². The Balaban J connectivity index is 1.50. The van der Waals surface area contributed by atoms with Crippen molar-refractivity contribution in [2.75, 3.05) is 5.75 Å². The zero-order valence-corrected chi connectivity index (χ0v) is 18.3. The molecule has 0 aliphatic carbocycles. The number of aromatic nitrogens is 7. The third-order valence-corrected chi connectivity index (χ3v) is 5.46. The minimum absolute atomic E-state index is 0.294. The van der Waals surface area contributed by atoms with Crippen molar-refractivity contribution in [1.82, 2.24) is 35.8 Å². The van der Waals surface area contributed by atoms with E-state index in [0.29, 0.717) is 18.2 Å². The lowest BCUT2D eigenvalue weighted by Gasteiger charge is -2.09. The van der Waals surface area contributed by atoms with Crippen molar-refractivity contribution < 1.29 is 0 Å². The van der Waals surface area contributed by atoms with Crippen LogP contribution < -0.4 is 0 Å². The van der Waals surface area contributed by atoms with Crippen molar-refractivity contribution in [2.24, 2.45) is 0 Å². The number of benzene rings is 2. The molecule has 1 unspecified atom stereocenters. The zero-order valence-electron chi connectivity index (χ0n) is 17.4. The maximum Gasteiger partial charge on any atom is 0.205 e. The van der Waals surface area contributed by atoms with Crippen LogP contribution in [0.25, 0.3) is 22.5 Å². The summed E-state index contributed by atoms with van der Waals surface area (Å²) in [5.41, 5.74) is 4.28. The van der Waals surface area contributed by atoms with Gasteiger partial charge in [-0.1, -0.05) is 60.7 Å². The highest BCUT2D eigenvalue weighted by Gasteiger charge is 2.15. The smallest absolute Gasteiger partial charge is 0.205 e. The third kappa shape index (κ3) is 5.08. The number of H-pyrrole nitrogens is 2. The van der Waals surface area contributed by atoms with Crippen molar-refractivity contribution in [3.8, 4) is 22.5 Å². The number of tetrazole rings is 1. The highest BCUT2D eigenvalue weighted by molar-refractivity contribution is 7.80. The minimum Gasteiger partial charge on any atom is -0.263 e. The van der Waals surface area contributed by atoms with Crippen molar-refractivity contribution in [2.45, 2.75) is 32.1 Å². The summed E-state index contributed by atoms with van der Waals surface area (Å²) in [5.74, 6) is 3.44. The first-order valence-corrected chi connectivity index (χ1v) is 11.0. The quantitative estimate of drug-likeness (QED) is 0.266. The van der Waals surface area contributed by atoms with Gasteiger partial charge in [-0.15, -0.1) is 10.2 Å². The number of hydrogen-bond donors (Lipinski definition) is 3. The van der Waals surface area contributed by atoms with Gasteiger partial charge >= 0.3 is 0 Å². The van der Waals surface area contributed by atoms with E-state index < -0.39 is 0 Å². The predicted octanol–water partition coefficient (Wildman–Crippen LogP) is 4.61. The molecule has 7 nitrogen and oxygen atoms in total. The van der Waals surface area contributed by atoms with E-state index in [0.717, 1.165) is 46.9 Å². The molecule has 0 bridgehead atoms. The SMILES string of the molecule is CC=CCC(CCS)c1n[nH]c(Cc2ccc(-c3ccccc3-c3nn[nH]n3)cc2)n1. The van der Waals surface area contributed by atoms with Crippen LogP contribution >= 0.6 is 12.6 Å². The first kappa shape index (κ1) is 21.0. The Morgan fingerprint density at radius 3 is 2.55 bits per heavy atom. The molecule has 0 aliphatic heterocycles. The molecule has 4 aromatic rings. The van der Waals surface area contributed by atoms with Crippen LogP contribution in [0.2, 0.25) is 0 Å². The number of rotatable bonds is 9. The minimum atomic E-state index is 0.294. The topological polar surface area (TPSA) is 96.0 Å². The lowest BCUT2D eigenvalue weighted by Crippen LogP contribution is -2.01.